The fraction of sp³-hybridized carbons (Fsp3) is 0.400. The summed E-state index contributed by atoms with van der Waals surface area (Å²) in [5, 5.41) is 0. The Morgan fingerprint density at radius 3 is 2.31 bits per heavy atom. The molecule has 0 spiro atoms. The van der Waals surface area contributed by atoms with E-state index in [2.05, 4.69) is 0 Å². The van der Waals surface area contributed by atoms with Crippen LogP contribution in [0.25, 0.3) is 0 Å². The van der Waals surface area contributed by atoms with Gasteiger partial charge in [-0.05, 0) is 24.6 Å². The highest BCUT2D eigenvalue weighted by Crippen LogP contribution is 2.13. The van der Waals surface area contributed by atoms with E-state index in [4.69, 9.17) is 16.2 Å². The summed E-state index contributed by atoms with van der Waals surface area (Å²) in [6, 6.07) is 7.74. The normalized spacial score (nSPS) is 12.5. The van der Waals surface area contributed by atoms with Crippen molar-refractivity contribution in [2.45, 2.75) is 19.6 Å². The van der Waals surface area contributed by atoms with Crippen LogP contribution in [0, 0.1) is 0 Å². The number of ether oxygens (including phenoxy) is 1. The van der Waals surface area contributed by atoms with E-state index in [1.165, 1.54) is 0 Å². The maximum atomic E-state index is 5.50. The summed E-state index contributed by atoms with van der Waals surface area (Å²) in [6.45, 7) is 3.03. The van der Waals surface area contributed by atoms with E-state index >= 15 is 0 Å². The Morgan fingerprint density at radius 2 is 1.85 bits per heavy atom. The van der Waals surface area contributed by atoms with E-state index in [9.17, 15) is 0 Å². The molecule has 0 aliphatic heterocycles. The lowest BCUT2D eigenvalue weighted by molar-refractivity contribution is 0.230. The Morgan fingerprint density at radius 1 is 1.23 bits per heavy atom. The third kappa shape index (κ3) is 3.05. The predicted octanol–water partition coefficient (Wildman–Crippen LogP) is 0.871. The quantitative estimate of drug-likeness (QED) is 0.722. The molecule has 1 aromatic carbocycles. The minimum absolute atomic E-state index is 0.0590. The highest BCUT2D eigenvalue weighted by Gasteiger charge is 2.00. The van der Waals surface area contributed by atoms with Gasteiger partial charge in [0.05, 0.1) is 0 Å². The molecule has 3 nitrogen and oxygen atoms in total. The summed E-state index contributed by atoms with van der Waals surface area (Å²) in [4.78, 5) is 0. The van der Waals surface area contributed by atoms with Gasteiger partial charge in [-0.25, -0.2) is 0 Å². The van der Waals surface area contributed by atoms with Crippen LogP contribution in [0.5, 0.6) is 5.75 Å². The highest BCUT2D eigenvalue weighted by atomic mass is 16.5. The molecule has 0 aliphatic rings. The standard InChI is InChI=1S/C10H16N2O/c1-8(6-11)13-10-4-2-9(7-12)3-5-10/h2-5,8H,6-7,11-12H2,1H3/t8-/m1/s1. The van der Waals surface area contributed by atoms with Gasteiger partial charge in [0.15, 0.2) is 0 Å². The third-order valence-corrected chi connectivity index (χ3v) is 1.83. The number of hydrogen-bond donors (Lipinski definition) is 2. The highest BCUT2D eigenvalue weighted by molar-refractivity contribution is 5.27. The first-order chi connectivity index (χ1) is 6.26. The van der Waals surface area contributed by atoms with Gasteiger partial charge in [0, 0.05) is 13.1 Å². The van der Waals surface area contributed by atoms with Gasteiger partial charge in [-0.1, -0.05) is 12.1 Å². The van der Waals surface area contributed by atoms with E-state index in [-0.39, 0.29) is 6.10 Å². The molecule has 1 rings (SSSR count). The second-order valence-electron chi connectivity index (χ2n) is 3.01. The van der Waals surface area contributed by atoms with Gasteiger partial charge < -0.3 is 16.2 Å². The Kier molecular flexibility index (Phi) is 3.73. The van der Waals surface area contributed by atoms with Crippen LogP contribution in [0.4, 0.5) is 0 Å². The van der Waals surface area contributed by atoms with Crippen LogP contribution >= 0.6 is 0 Å². The predicted molar refractivity (Wildman–Crippen MR) is 53.5 cm³/mol. The van der Waals surface area contributed by atoms with Gasteiger partial charge in [0.25, 0.3) is 0 Å². The molecular formula is C10H16N2O. The molecule has 0 fully saturated rings. The smallest absolute Gasteiger partial charge is 0.119 e. The SMILES string of the molecule is C[C@H](CN)Oc1ccc(CN)cc1. The van der Waals surface area contributed by atoms with Gasteiger partial charge >= 0.3 is 0 Å². The molecule has 0 radical (unpaired) electrons. The lowest BCUT2D eigenvalue weighted by Gasteiger charge is -2.12. The molecule has 72 valence electrons. The maximum absolute atomic E-state index is 5.50. The molecule has 0 saturated carbocycles. The van der Waals surface area contributed by atoms with Crippen LogP contribution in [0.1, 0.15) is 12.5 Å². The molecule has 0 aliphatic carbocycles. The van der Waals surface area contributed by atoms with Gasteiger partial charge in [0.1, 0.15) is 11.9 Å². The summed E-state index contributed by atoms with van der Waals surface area (Å²) in [5.74, 6) is 0.843. The molecule has 0 aromatic heterocycles. The van der Waals surface area contributed by atoms with Crippen molar-refractivity contribution in [3.05, 3.63) is 29.8 Å². The van der Waals surface area contributed by atoms with Crippen molar-refractivity contribution in [1.82, 2.24) is 0 Å². The summed E-state index contributed by atoms with van der Waals surface area (Å²) < 4.78 is 5.50. The van der Waals surface area contributed by atoms with Crippen LogP contribution < -0.4 is 16.2 Å². The minimum Gasteiger partial charge on any atom is -0.489 e. The van der Waals surface area contributed by atoms with Crippen molar-refractivity contribution >= 4 is 0 Å². The van der Waals surface area contributed by atoms with Crippen molar-refractivity contribution < 1.29 is 4.74 Å². The average molecular weight is 180 g/mol. The zero-order valence-electron chi connectivity index (χ0n) is 7.86. The molecule has 0 heterocycles. The average Bonchev–Trinajstić information content (AvgIpc) is 2.19. The Hall–Kier alpha value is -1.06. The molecule has 1 aromatic rings. The monoisotopic (exact) mass is 180 g/mol. The molecule has 0 unspecified atom stereocenters. The van der Waals surface area contributed by atoms with E-state index < -0.39 is 0 Å². The van der Waals surface area contributed by atoms with Crippen LogP contribution in [0.3, 0.4) is 0 Å². The zero-order chi connectivity index (χ0) is 9.68. The van der Waals surface area contributed by atoms with Crippen LogP contribution in [0.15, 0.2) is 24.3 Å². The molecule has 3 heteroatoms. The summed E-state index contributed by atoms with van der Waals surface area (Å²) in [6.07, 6.45) is 0.0590. The fourth-order valence-electron chi connectivity index (χ4n) is 0.985. The Bertz CT molecular complexity index is 246. The van der Waals surface area contributed by atoms with Crippen LogP contribution in [0.2, 0.25) is 0 Å². The number of rotatable bonds is 4. The Labute approximate surface area is 78.7 Å². The van der Waals surface area contributed by atoms with Gasteiger partial charge in [-0.3, -0.25) is 0 Å². The van der Waals surface area contributed by atoms with Gasteiger partial charge in [-0.15, -0.1) is 0 Å². The van der Waals surface area contributed by atoms with Crippen molar-refractivity contribution in [2.75, 3.05) is 6.54 Å². The first-order valence-corrected chi connectivity index (χ1v) is 4.42. The number of nitrogens with two attached hydrogens (primary N) is 2. The van der Waals surface area contributed by atoms with Crippen molar-refractivity contribution in [3.8, 4) is 5.75 Å². The summed E-state index contributed by atoms with van der Waals surface area (Å²) in [7, 11) is 0. The van der Waals surface area contributed by atoms with E-state index in [0.29, 0.717) is 13.1 Å². The molecule has 0 saturated heterocycles. The second-order valence-corrected chi connectivity index (χ2v) is 3.01. The molecular weight excluding hydrogens is 164 g/mol. The van der Waals surface area contributed by atoms with Crippen LogP contribution in [-0.4, -0.2) is 12.6 Å². The lowest BCUT2D eigenvalue weighted by Crippen LogP contribution is -2.22. The third-order valence-electron chi connectivity index (χ3n) is 1.83. The summed E-state index contributed by atoms with van der Waals surface area (Å²) in [5.41, 5.74) is 12.0. The van der Waals surface area contributed by atoms with Crippen LogP contribution in [-0.2, 0) is 6.54 Å². The lowest BCUT2D eigenvalue weighted by atomic mass is 10.2. The first kappa shape index (κ1) is 10.0. The van der Waals surface area contributed by atoms with E-state index in [1.807, 2.05) is 31.2 Å². The molecule has 4 N–H and O–H groups in total. The fourth-order valence-corrected chi connectivity index (χ4v) is 0.985. The number of hydrogen-bond acceptors (Lipinski definition) is 3. The van der Waals surface area contributed by atoms with E-state index in [0.717, 1.165) is 11.3 Å². The minimum atomic E-state index is 0.0590. The second kappa shape index (κ2) is 4.84. The first-order valence-electron chi connectivity index (χ1n) is 4.42. The molecule has 0 amide bonds. The zero-order valence-corrected chi connectivity index (χ0v) is 7.86. The number of benzene rings is 1. The van der Waals surface area contributed by atoms with E-state index in [1.54, 1.807) is 0 Å². The maximum Gasteiger partial charge on any atom is 0.119 e. The van der Waals surface area contributed by atoms with Crippen molar-refractivity contribution in [1.29, 1.82) is 0 Å². The molecule has 0 bridgehead atoms. The van der Waals surface area contributed by atoms with Gasteiger partial charge in [0.2, 0.25) is 0 Å². The van der Waals surface area contributed by atoms with Gasteiger partial charge in [-0.2, -0.15) is 0 Å². The topological polar surface area (TPSA) is 61.3 Å². The molecule has 13 heavy (non-hydrogen) atoms. The summed E-state index contributed by atoms with van der Waals surface area (Å²) >= 11 is 0. The van der Waals surface area contributed by atoms with Crippen molar-refractivity contribution in [3.63, 3.8) is 0 Å². The molecule has 1 atom stereocenters. The largest absolute Gasteiger partial charge is 0.489 e. The van der Waals surface area contributed by atoms with Crippen molar-refractivity contribution in [2.24, 2.45) is 11.5 Å². The Balaban J connectivity index is 2.58.